The number of aromatic nitrogens is 3. The number of nitrogen functional groups attached to an aromatic ring is 1. The Morgan fingerprint density at radius 3 is 2.65 bits per heavy atom. The van der Waals surface area contributed by atoms with Crippen LogP contribution < -0.4 is 16.4 Å². The van der Waals surface area contributed by atoms with Gasteiger partial charge in [-0.15, -0.1) is 11.3 Å². The third kappa shape index (κ3) is 5.88. The third-order valence-electron chi connectivity index (χ3n) is 4.79. The number of carbonyl (C=O) groups is 2. The number of nitrogens with zero attached hydrogens (tertiary/aromatic N) is 3. The lowest BCUT2D eigenvalue weighted by molar-refractivity contribution is -0.137. The number of hydrogen-bond donors (Lipinski definition) is 3. The van der Waals surface area contributed by atoms with Crippen molar-refractivity contribution in [1.82, 2.24) is 20.3 Å². The minimum atomic E-state index is -4.65. The van der Waals surface area contributed by atoms with E-state index in [1.165, 1.54) is 18.6 Å². The molecular formula is C21H20ClF3N6O2S. The Bertz CT molecular complexity index is 1220. The molecule has 0 aliphatic carbocycles. The molecule has 0 radical (unpaired) electrons. The second-order valence-corrected chi connectivity index (χ2v) is 8.82. The van der Waals surface area contributed by atoms with Crippen molar-refractivity contribution >= 4 is 46.1 Å². The minimum Gasteiger partial charge on any atom is -0.383 e. The lowest BCUT2D eigenvalue weighted by Crippen LogP contribution is -2.17. The first-order valence-corrected chi connectivity index (χ1v) is 11.1. The molecule has 0 bridgehead atoms. The van der Waals surface area contributed by atoms with Crippen molar-refractivity contribution in [2.75, 3.05) is 18.1 Å². The number of amides is 1. The first-order chi connectivity index (χ1) is 16.0. The minimum absolute atomic E-state index is 0.0571. The van der Waals surface area contributed by atoms with Crippen LogP contribution in [0.15, 0.2) is 30.7 Å². The summed E-state index contributed by atoms with van der Waals surface area (Å²) in [5.74, 6) is -1.01. The Balaban J connectivity index is 1.71. The summed E-state index contributed by atoms with van der Waals surface area (Å²) in [7, 11) is 1.71. The quantitative estimate of drug-likeness (QED) is 0.379. The summed E-state index contributed by atoms with van der Waals surface area (Å²) < 4.78 is 39.1. The van der Waals surface area contributed by atoms with Crippen LogP contribution in [0.4, 0.5) is 24.7 Å². The summed E-state index contributed by atoms with van der Waals surface area (Å²) in [6.07, 6.45) is -2.06. The molecule has 0 saturated carbocycles. The van der Waals surface area contributed by atoms with Crippen molar-refractivity contribution in [2.45, 2.75) is 32.0 Å². The van der Waals surface area contributed by atoms with E-state index >= 15 is 0 Å². The van der Waals surface area contributed by atoms with Gasteiger partial charge in [0.1, 0.15) is 22.7 Å². The van der Waals surface area contributed by atoms with E-state index in [-0.39, 0.29) is 40.2 Å². The van der Waals surface area contributed by atoms with Crippen LogP contribution in [-0.2, 0) is 12.7 Å². The van der Waals surface area contributed by atoms with Gasteiger partial charge >= 0.3 is 6.18 Å². The topological polar surface area (TPSA) is 123 Å². The zero-order valence-corrected chi connectivity index (χ0v) is 19.6. The fraction of sp³-hybridized carbons (Fsp3) is 0.286. The molecule has 3 aromatic rings. The molecule has 0 aliphatic rings. The molecule has 1 aromatic carbocycles. The fourth-order valence-corrected chi connectivity index (χ4v) is 4.20. The first kappa shape index (κ1) is 25.5. The second-order valence-electron chi connectivity index (χ2n) is 7.35. The van der Waals surface area contributed by atoms with Gasteiger partial charge in [0.2, 0.25) is 0 Å². The summed E-state index contributed by atoms with van der Waals surface area (Å²) in [6.45, 7) is 2.10. The van der Waals surface area contributed by atoms with E-state index in [0.29, 0.717) is 17.1 Å². The number of carbonyl (C=O) groups excluding carboxylic acids is 2. The molecule has 0 unspecified atom stereocenters. The van der Waals surface area contributed by atoms with Gasteiger partial charge in [0, 0.05) is 30.1 Å². The molecule has 13 heteroatoms. The number of anilines is 2. The Labute approximate surface area is 201 Å². The van der Waals surface area contributed by atoms with Crippen LogP contribution in [0, 0.1) is 0 Å². The molecule has 180 valence electrons. The smallest absolute Gasteiger partial charge is 0.383 e. The Morgan fingerprint density at radius 2 is 1.97 bits per heavy atom. The summed E-state index contributed by atoms with van der Waals surface area (Å²) in [6, 6.07) is 3.10. The van der Waals surface area contributed by atoms with E-state index in [4.69, 9.17) is 17.3 Å². The number of rotatable bonds is 8. The largest absolute Gasteiger partial charge is 0.417 e. The van der Waals surface area contributed by atoms with Gasteiger partial charge < -0.3 is 16.4 Å². The van der Waals surface area contributed by atoms with E-state index in [0.717, 1.165) is 23.5 Å². The van der Waals surface area contributed by atoms with Crippen LogP contribution >= 0.6 is 22.9 Å². The van der Waals surface area contributed by atoms with Gasteiger partial charge in [-0.05, 0) is 25.2 Å². The van der Waals surface area contributed by atoms with Crippen molar-refractivity contribution in [3.8, 4) is 0 Å². The molecule has 0 aliphatic heterocycles. The molecule has 1 atom stereocenters. The molecule has 3 rings (SSSR count). The average Bonchev–Trinajstić information content (AvgIpc) is 3.26. The van der Waals surface area contributed by atoms with Gasteiger partial charge in [-0.3, -0.25) is 9.59 Å². The highest BCUT2D eigenvalue weighted by Crippen LogP contribution is 2.36. The van der Waals surface area contributed by atoms with Crippen LogP contribution in [0.25, 0.3) is 0 Å². The highest BCUT2D eigenvalue weighted by molar-refractivity contribution is 7.13. The van der Waals surface area contributed by atoms with Crippen molar-refractivity contribution in [3.63, 3.8) is 0 Å². The highest BCUT2D eigenvalue weighted by atomic mass is 35.5. The van der Waals surface area contributed by atoms with E-state index in [1.54, 1.807) is 14.0 Å². The number of benzene rings is 1. The molecule has 8 nitrogen and oxygen atoms in total. The lowest BCUT2D eigenvalue weighted by atomic mass is 10.0. The third-order valence-corrected chi connectivity index (χ3v) is 6.34. The second kappa shape index (κ2) is 10.5. The fourth-order valence-electron chi connectivity index (χ4n) is 3.11. The summed E-state index contributed by atoms with van der Waals surface area (Å²) in [4.78, 5) is 37.7. The number of halogens is 4. The summed E-state index contributed by atoms with van der Waals surface area (Å²) in [5.41, 5.74) is 5.47. The van der Waals surface area contributed by atoms with Crippen molar-refractivity contribution in [1.29, 1.82) is 0 Å². The zero-order chi connectivity index (χ0) is 25.0. The van der Waals surface area contributed by atoms with Gasteiger partial charge in [-0.25, -0.2) is 15.0 Å². The van der Waals surface area contributed by atoms with Gasteiger partial charge in [-0.2, -0.15) is 13.2 Å². The molecule has 0 spiro atoms. The molecular weight excluding hydrogens is 493 g/mol. The molecule has 0 fully saturated rings. The van der Waals surface area contributed by atoms with E-state index in [1.807, 2.05) is 0 Å². The number of alkyl halides is 3. The standard InChI is InChI=1S/C21H20ClF3N6O2S/c1-10(5-15(32)17-12(7-27-2)18(26)30-9-29-17)20-28-8-16(34-20)19(33)31-11-3-4-14(22)13(6-11)21(23,24)25/h3-4,6,8-10,27H,5,7H2,1-2H3,(H,31,33)(H2,26,29,30)/t10-/m0/s1. The Kier molecular flexibility index (Phi) is 7.85. The monoisotopic (exact) mass is 512 g/mol. The molecule has 0 saturated heterocycles. The van der Waals surface area contributed by atoms with Gasteiger partial charge in [-0.1, -0.05) is 18.5 Å². The molecule has 1 amide bonds. The SMILES string of the molecule is CNCc1c(N)ncnc1C(=O)C[C@H](C)c1ncc(C(=O)Nc2ccc(Cl)c(C(F)(F)F)c2)s1. The number of ketones is 1. The van der Waals surface area contributed by atoms with E-state index in [9.17, 15) is 22.8 Å². The molecule has 4 N–H and O–H groups in total. The maximum atomic E-state index is 13.0. The van der Waals surface area contributed by atoms with Crippen molar-refractivity contribution < 1.29 is 22.8 Å². The Morgan fingerprint density at radius 1 is 1.24 bits per heavy atom. The molecule has 34 heavy (non-hydrogen) atoms. The first-order valence-electron chi connectivity index (χ1n) is 9.92. The normalized spacial score (nSPS) is 12.4. The van der Waals surface area contributed by atoms with Gasteiger partial charge in [0.15, 0.2) is 5.78 Å². The summed E-state index contributed by atoms with van der Waals surface area (Å²) >= 11 is 6.65. The maximum absolute atomic E-state index is 13.0. The Hall–Kier alpha value is -3.09. The maximum Gasteiger partial charge on any atom is 0.417 e. The van der Waals surface area contributed by atoms with Gasteiger partial charge in [0.05, 0.1) is 21.8 Å². The number of hydrogen-bond acceptors (Lipinski definition) is 8. The molecule has 2 aromatic heterocycles. The van der Waals surface area contributed by atoms with Crippen molar-refractivity contribution in [3.05, 3.63) is 62.5 Å². The number of thiazole rings is 1. The number of nitrogens with one attached hydrogen (secondary N) is 2. The average molecular weight is 513 g/mol. The van der Waals surface area contributed by atoms with Crippen LogP contribution in [0.2, 0.25) is 5.02 Å². The van der Waals surface area contributed by atoms with Crippen LogP contribution in [0.3, 0.4) is 0 Å². The predicted molar refractivity (Wildman–Crippen MR) is 123 cm³/mol. The van der Waals surface area contributed by atoms with E-state index < -0.39 is 22.7 Å². The number of nitrogens with two attached hydrogens (primary N) is 1. The van der Waals surface area contributed by atoms with Crippen LogP contribution in [-0.4, -0.2) is 33.7 Å². The number of Topliss-reactive ketones (excluding diaryl/α,β-unsaturated/α-hetero) is 1. The highest BCUT2D eigenvalue weighted by Gasteiger charge is 2.33. The van der Waals surface area contributed by atoms with Crippen LogP contribution in [0.1, 0.15) is 55.6 Å². The van der Waals surface area contributed by atoms with Crippen molar-refractivity contribution in [2.24, 2.45) is 0 Å². The summed E-state index contributed by atoms with van der Waals surface area (Å²) in [5, 5.41) is 5.38. The van der Waals surface area contributed by atoms with Gasteiger partial charge in [0.25, 0.3) is 5.91 Å². The molecule has 2 heterocycles. The van der Waals surface area contributed by atoms with Crippen LogP contribution in [0.5, 0.6) is 0 Å². The lowest BCUT2D eigenvalue weighted by Gasteiger charge is -2.12. The van der Waals surface area contributed by atoms with E-state index in [2.05, 4.69) is 25.6 Å². The predicted octanol–water partition coefficient (Wildman–Crippen LogP) is 4.54. The zero-order valence-electron chi connectivity index (χ0n) is 18.0.